The van der Waals surface area contributed by atoms with Crippen LogP contribution in [-0.2, 0) is 4.79 Å². The highest BCUT2D eigenvalue weighted by Gasteiger charge is 2.29. The average Bonchev–Trinajstić information content (AvgIpc) is 3.11. The van der Waals surface area contributed by atoms with E-state index in [1.54, 1.807) is 10.8 Å². The molecule has 0 bridgehead atoms. The first-order chi connectivity index (χ1) is 12.2. The van der Waals surface area contributed by atoms with E-state index in [9.17, 15) is 4.79 Å². The van der Waals surface area contributed by atoms with E-state index in [1.807, 2.05) is 42.5 Å². The fourth-order valence-corrected chi connectivity index (χ4v) is 3.29. The van der Waals surface area contributed by atoms with Crippen molar-refractivity contribution in [1.82, 2.24) is 24.7 Å². The summed E-state index contributed by atoms with van der Waals surface area (Å²) in [4.78, 5) is 16.3. The lowest BCUT2D eigenvalue weighted by Crippen LogP contribution is -2.50. The van der Waals surface area contributed by atoms with E-state index in [-0.39, 0.29) is 5.91 Å². The van der Waals surface area contributed by atoms with Gasteiger partial charge in [-0.1, -0.05) is 30.3 Å². The summed E-state index contributed by atoms with van der Waals surface area (Å²) in [7, 11) is 0. The Morgan fingerprint density at radius 3 is 2.52 bits per heavy atom. The Morgan fingerprint density at radius 2 is 1.80 bits per heavy atom. The maximum atomic E-state index is 12.0. The number of rotatable bonds is 4. The van der Waals surface area contributed by atoms with Crippen molar-refractivity contribution in [2.24, 2.45) is 5.73 Å². The number of carbonyl (C=O) groups is 1. The minimum absolute atomic E-state index is 0.316. The number of carbonyl (C=O) groups excluding carboxylic acids is 1. The first-order valence-electron chi connectivity index (χ1n) is 8.23. The van der Waals surface area contributed by atoms with E-state index in [2.05, 4.69) is 25.1 Å². The molecule has 2 aromatic heterocycles. The number of aromatic nitrogens is 4. The van der Waals surface area contributed by atoms with Crippen LogP contribution in [0.25, 0.3) is 5.65 Å². The summed E-state index contributed by atoms with van der Waals surface area (Å²) in [5, 5.41) is 12.3. The summed E-state index contributed by atoms with van der Waals surface area (Å²) in [6, 6.07) is 13.1. The monoisotopic (exact) mass is 337 g/mol. The number of nitrogens with two attached hydrogens (primary N) is 1. The van der Waals surface area contributed by atoms with Crippen molar-refractivity contribution in [2.75, 3.05) is 31.1 Å². The highest BCUT2D eigenvalue weighted by atomic mass is 16.1. The summed E-state index contributed by atoms with van der Waals surface area (Å²) in [6.45, 7) is 3.03. The molecular weight excluding hydrogens is 318 g/mol. The molecule has 2 N–H and O–H groups in total. The van der Waals surface area contributed by atoms with Gasteiger partial charge in [-0.05, 0) is 17.7 Å². The fraction of sp³-hybridized carbons (Fsp3) is 0.294. The number of benzene rings is 1. The van der Waals surface area contributed by atoms with Crippen molar-refractivity contribution in [2.45, 2.75) is 6.04 Å². The predicted octanol–water partition coefficient (Wildman–Crippen LogP) is 0.473. The van der Waals surface area contributed by atoms with Crippen LogP contribution in [0.4, 0.5) is 5.82 Å². The molecule has 3 aromatic rings. The molecule has 1 amide bonds. The van der Waals surface area contributed by atoms with E-state index in [4.69, 9.17) is 5.73 Å². The lowest BCUT2D eigenvalue weighted by molar-refractivity contribution is -0.123. The zero-order chi connectivity index (χ0) is 17.2. The summed E-state index contributed by atoms with van der Waals surface area (Å²) < 4.78 is 1.66. The highest BCUT2D eigenvalue weighted by Crippen LogP contribution is 2.23. The second-order valence-electron chi connectivity index (χ2n) is 6.06. The van der Waals surface area contributed by atoms with Crippen molar-refractivity contribution >= 4 is 17.4 Å². The third kappa shape index (κ3) is 3.03. The summed E-state index contributed by atoms with van der Waals surface area (Å²) in [5.74, 6) is 0.561. The van der Waals surface area contributed by atoms with E-state index in [1.165, 1.54) is 0 Å². The predicted molar refractivity (Wildman–Crippen MR) is 92.9 cm³/mol. The maximum Gasteiger partial charge on any atom is 0.239 e. The zero-order valence-electron chi connectivity index (χ0n) is 13.7. The van der Waals surface area contributed by atoms with Crippen molar-refractivity contribution in [3.63, 3.8) is 0 Å². The van der Waals surface area contributed by atoms with Crippen molar-refractivity contribution in [1.29, 1.82) is 0 Å². The Balaban J connectivity index is 1.49. The molecular formula is C17H19N7O. The molecule has 4 rings (SSSR count). The smallest absolute Gasteiger partial charge is 0.239 e. The summed E-state index contributed by atoms with van der Waals surface area (Å²) >= 11 is 0. The number of hydrogen-bond donors (Lipinski definition) is 1. The van der Waals surface area contributed by atoms with Crippen LogP contribution < -0.4 is 10.6 Å². The Morgan fingerprint density at radius 1 is 1.04 bits per heavy atom. The Kier molecular flexibility index (Phi) is 4.02. The van der Waals surface area contributed by atoms with Gasteiger partial charge in [-0.15, -0.1) is 15.3 Å². The van der Waals surface area contributed by atoms with E-state index in [0.717, 1.165) is 43.2 Å². The van der Waals surface area contributed by atoms with Crippen LogP contribution in [0.2, 0.25) is 0 Å². The van der Waals surface area contributed by atoms with Crippen LogP contribution in [0.3, 0.4) is 0 Å². The minimum Gasteiger partial charge on any atom is -0.368 e. The quantitative estimate of drug-likeness (QED) is 0.744. The van der Waals surface area contributed by atoms with E-state index in [0.29, 0.717) is 0 Å². The molecule has 1 atom stereocenters. The van der Waals surface area contributed by atoms with Crippen molar-refractivity contribution in [3.8, 4) is 0 Å². The first-order valence-corrected chi connectivity index (χ1v) is 8.23. The van der Waals surface area contributed by atoms with E-state index < -0.39 is 6.04 Å². The van der Waals surface area contributed by atoms with Crippen LogP contribution in [0.15, 0.2) is 48.8 Å². The number of hydrogen-bond acceptors (Lipinski definition) is 6. The standard InChI is InChI=1S/C17H19N7O/c18-17(25)16(13-4-2-1-3-5-13)23-10-8-22(9-11-23)15-7-6-14-20-19-12-24(14)21-15/h1-7,12,16H,8-11H2,(H2,18,25)/t16-/m0/s1. The van der Waals surface area contributed by atoms with Gasteiger partial charge >= 0.3 is 0 Å². The van der Waals surface area contributed by atoms with Crippen LogP contribution in [0.1, 0.15) is 11.6 Å². The number of fused-ring (bicyclic) bond motifs is 1. The molecule has 0 unspecified atom stereocenters. The molecule has 1 saturated heterocycles. The second kappa shape index (κ2) is 6.48. The van der Waals surface area contributed by atoms with Gasteiger partial charge in [0.25, 0.3) is 0 Å². The average molecular weight is 337 g/mol. The molecule has 0 aliphatic carbocycles. The van der Waals surface area contributed by atoms with Gasteiger partial charge in [0.05, 0.1) is 0 Å². The third-order valence-corrected chi connectivity index (χ3v) is 4.54. The molecule has 8 heteroatoms. The molecule has 3 heterocycles. The number of anilines is 1. The number of amides is 1. The number of piperazine rings is 1. The van der Waals surface area contributed by atoms with Gasteiger partial charge in [0.1, 0.15) is 18.2 Å². The van der Waals surface area contributed by atoms with Crippen LogP contribution in [0, 0.1) is 0 Å². The lowest BCUT2D eigenvalue weighted by atomic mass is 10.0. The topological polar surface area (TPSA) is 92.7 Å². The number of primary amides is 1. The zero-order valence-corrected chi connectivity index (χ0v) is 13.7. The van der Waals surface area contributed by atoms with E-state index >= 15 is 0 Å². The molecule has 8 nitrogen and oxygen atoms in total. The minimum atomic E-state index is -0.392. The first kappa shape index (κ1) is 15.5. The highest BCUT2D eigenvalue weighted by molar-refractivity contribution is 5.81. The Labute approximate surface area is 144 Å². The van der Waals surface area contributed by atoms with Gasteiger partial charge in [-0.3, -0.25) is 9.69 Å². The molecule has 1 fully saturated rings. The van der Waals surface area contributed by atoms with Crippen LogP contribution in [0.5, 0.6) is 0 Å². The van der Waals surface area contributed by atoms with Gasteiger partial charge in [0, 0.05) is 26.2 Å². The Bertz CT molecular complexity index is 871. The summed E-state index contributed by atoms with van der Waals surface area (Å²) in [6.07, 6.45) is 1.59. The molecule has 1 aliphatic heterocycles. The van der Waals surface area contributed by atoms with Crippen LogP contribution >= 0.6 is 0 Å². The Hall–Kier alpha value is -3.00. The van der Waals surface area contributed by atoms with Crippen molar-refractivity contribution in [3.05, 3.63) is 54.4 Å². The van der Waals surface area contributed by atoms with Crippen LogP contribution in [-0.4, -0.2) is 56.8 Å². The summed E-state index contributed by atoms with van der Waals surface area (Å²) in [5.41, 5.74) is 7.33. The van der Waals surface area contributed by atoms with Gasteiger partial charge < -0.3 is 10.6 Å². The van der Waals surface area contributed by atoms with Gasteiger partial charge in [0.2, 0.25) is 5.91 Å². The second-order valence-corrected chi connectivity index (χ2v) is 6.06. The molecule has 1 aliphatic rings. The molecule has 25 heavy (non-hydrogen) atoms. The van der Waals surface area contributed by atoms with Gasteiger partial charge in [-0.25, -0.2) is 0 Å². The molecule has 1 aromatic carbocycles. The van der Waals surface area contributed by atoms with Gasteiger partial charge in [-0.2, -0.15) is 4.52 Å². The van der Waals surface area contributed by atoms with Crippen molar-refractivity contribution < 1.29 is 4.79 Å². The largest absolute Gasteiger partial charge is 0.368 e. The lowest BCUT2D eigenvalue weighted by Gasteiger charge is -2.38. The number of nitrogens with zero attached hydrogens (tertiary/aromatic N) is 6. The third-order valence-electron chi connectivity index (χ3n) is 4.54. The normalized spacial score (nSPS) is 16.9. The fourth-order valence-electron chi connectivity index (χ4n) is 3.29. The molecule has 0 radical (unpaired) electrons. The maximum absolute atomic E-state index is 12.0. The molecule has 0 spiro atoms. The molecule has 128 valence electrons. The SMILES string of the molecule is NC(=O)[C@H](c1ccccc1)N1CCN(c2ccc3nncn3n2)CC1. The molecule has 0 saturated carbocycles. The van der Waals surface area contributed by atoms with Gasteiger partial charge in [0.15, 0.2) is 5.65 Å².